The predicted octanol–water partition coefficient (Wildman–Crippen LogP) is 7.65. The van der Waals surface area contributed by atoms with Gasteiger partial charge in [0.05, 0.1) is 47.3 Å². The third-order valence-corrected chi connectivity index (χ3v) is 14.6. The van der Waals surface area contributed by atoms with Gasteiger partial charge in [-0.2, -0.15) is 0 Å². The van der Waals surface area contributed by atoms with Crippen LogP contribution in [0.25, 0.3) is 22.0 Å². The zero-order chi connectivity index (χ0) is 41.0. The molecule has 3 fully saturated rings. The first-order valence-electron chi connectivity index (χ1n) is 19.3. The van der Waals surface area contributed by atoms with E-state index in [1.807, 2.05) is 32.2 Å². The lowest BCUT2D eigenvalue weighted by Crippen LogP contribution is -2.48. The van der Waals surface area contributed by atoms with Gasteiger partial charge in [-0.3, -0.25) is 19.1 Å². The summed E-state index contributed by atoms with van der Waals surface area (Å²) in [7, 11) is -2.30. The highest BCUT2D eigenvalue weighted by atomic mass is 35.5. The average Bonchev–Trinajstić information content (AvgIpc) is 4.04. The predicted molar refractivity (Wildman–Crippen MR) is 222 cm³/mol. The normalized spacial score (nSPS) is 22.6. The monoisotopic (exact) mass is 832 g/mol. The highest BCUT2D eigenvalue weighted by molar-refractivity contribution is 7.90. The first-order chi connectivity index (χ1) is 26.9. The molecule has 2 aromatic heterocycles. The number of likely N-dealkylation sites (tertiary alicyclic amines) is 1. The molecule has 11 nitrogen and oxygen atoms in total. The van der Waals surface area contributed by atoms with Crippen molar-refractivity contribution in [3.63, 3.8) is 0 Å². The summed E-state index contributed by atoms with van der Waals surface area (Å²) >= 11 is 7.90. The summed E-state index contributed by atoms with van der Waals surface area (Å²) < 4.78 is 40.0. The lowest BCUT2D eigenvalue weighted by Gasteiger charge is -2.35. The lowest BCUT2D eigenvalue weighted by atomic mass is 9.77. The first-order valence-corrected chi connectivity index (χ1v) is 22.1. The number of sulfonamides is 1. The van der Waals surface area contributed by atoms with Gasteiger partial charge in [0.1, 0.15) is 11.9 Å². The minimum absolute atomic E-state index is 0.0867. The first kappa shape index (κ1) is 40.9. The third-order valence-electron chi connectivity index (χ3n) is 11.7. The zero-order valence-electron chi connectivity index (χ0n) is 33.1. The number of nitrogens with zero attached hydrogens (tertiary/aromatic N) is 3. The van der Waals surface area contributed by atoms with Gasteiger partial charge in [-0.1, -0.05) is 62.2 Å². The van der Waals surface area contributed by atoms with E-state index < -0.39 is 50.1 Å². The number of hydrogen-bond donors (Lipinski definition) is 1. The average molecular weight is 833 g/mol. The van der Waals surface area contributed by atoms with Gasteiger partial charge in [0.15, 0.2) is 5.78 Å². The second-order valence-corrected chi connectivity index (χ2v) is 20.2. The van der Waals surface area contributed by atoms with Crippen LogP contribution in [0.3, 0.4) is 0 Å². The van der Waals surface area contributed by atoms with E-state index in [1.165, 1.54) is 16.9 Å². The number of pyridine rings is 1. The number of allylic oxidation sites excluding steroid dienone is 1. The Labute approximate surface area is 343 Å². The van der Waals surface area contributed by atoms with Crippen LogP contribution in [-0.4, -0.2) is 71.9 Å². The molecule has 1 saturated heterocycles. The molecule has 1 N–H and O–H groups in total. The Hall–Kier alpha value is -4.33. The van der Waals surface area contributed by atoms with Crippen molar-refractivity contribution < 1.29 is 32.3 Å². The third kappa shape index (κ3) is 8.33. The number of carbonyl (C=O) groups is 3. The maximum absolute atomic E-state index is 15.0. The van der Waals surface area contributed by atoms with Gasteiger partial charge in [-0.25, -0.2) is 18.4 Å². The Morgan fingerprint density at radius 3 is 2.54 bits per heavy atom. The molecule has 5 atom stereocenters. The van der Waals surface area contributed by atoms with E-state index in [0.29, 0.717) is 35.4 Å². The molecule has 1 aliphatic heterocycles. The maximum Gasteiger partial charge on any atom is 0.240 e. The largest absolute Gasteiger partial charge is 0.494 e. The topological polar surface area (TPSA) is 145 Å². The fourth-order valence-electron chi connectivity index (χ4n) is 8.09. The highest BCUT2D eigenvalue weighted by Crippen LogP contribution is 2.57. The quantitative estimate of drug-likeness (QED) is 0.127. The number of ether oxygens (including phenoxy) is 2. The molecule has 2 aliphatic carbocycles. The summed E-state index contributed by atoms with van der Waals surface area (Å²) in [5.41, 5.74) is 2.37. The molecule has 2 amide bonds. The zero-order valence-corrected chi connectivity index (χ0v) is 35.5. The van der Waals surface area contributed by atoms with E-state index in [1.54, 1.807) is 36.4 Å². The summed E-state index contributed by atoms with van der Waals surface area (Å²) in [6, 6.07) is 10.6. The van der Waals surface area contributed by atoms with Gasteiger partial charge in [-0.15, -0.1) is 17.9 Å². The number of fused-ring (bicyclic) bond motifs is 1. The molecular formula is C43H49ClN4O7S2. The number of ketones is 1. The number of amides is 2. The Kier molecular flexibility index (Phi) is 11.1. The molecule has 57 heavy (non-hydrogen) atoms. The number of nitrogens with one attached hydrogen (secondary N) is 1. The van der Waals surface area contributed by atoms with Crippen molar-refractivity contribution in [2.24, 2.45) is 22.7 Å². The van der Waals surface area contributed by atoms with Gasteiger partial charge >= 0.3 is 0 Å². The van der Waals surface area contributed by atoms with Gasteiger partial charge in [0.25, 0.3) is 0 Å². The number of aryl methyl sites for hydroxylation is 2. The van der Waals surface area contributed by atoms with Crippen molar-refractivity contribution in [2.75, 3.05) is 13.7 Å². The highest BCUT2D eigenvalue weighted by Gasteiger charge is 2.61. The summed E-state index contributed by atoms with van der Waals surface area (Å²) in [6.45, 7) is 14.1. The molecule has 302 valence electrons. The second-order valence-electron chi connectivity index (χ2n) is 16.9. The number of halogens is 1. The fraction of sp³-hybridized carbons (Fsp3) is 0.465. The standard InChI is InChI=1S/C43H49ClN4O7S2/c1-8-26-19-43(26,41(51)47-57(52,53)29-11-12-29)20-36(49)35-17-28(55-39-32-16-27(44)10-14-31(32)37(54-7)21-45-39)22-48(35)40(50)33(42(4,5)6)18-38-46-34(23-56-38)30-13-9-24(2)15-25(30)3/h8-10,13-16,21,23,26,28-29,33,35H,1,11-12,17-20,22H2,2-7H3,(H,47,51)/t26-,28-,33-,35+,43-/m1/s1. The molecular weight excluding hydrogens is 784 g/mol. The van der Waals surface area contributed by atoms with Crippen LogP contribution in [-0.2, 0) is 30.8 Å². The molecule has 7 rings (SSSR count). The van der Waals surface area contributed by atoms with Gasteiger partial charge in [0.2, 0.25) is 27.7 Å². The number of carbonyl (C=O) groups excluding carboxylic acids is 3. The van der Waals surface area contributed by atoms with E-state index >= 15 is 0 Å². The SMILES string of the molecule is C=C[C@@H]1C[C@]1(CC(=O)[C@@H]1C[C@@H](Oc2ncc(OC)c3ccc(Cl)cc23)CN1C(=O)[C@@H](Cc1nc(-c2ccc(C)cc2C)cs1)C(C)(C)C)C(=O)NS(=O)(=O)C1CC1. The number of hydrogen-bond acceptors (Lipinski definition) is 10. The van der Waals surface area contributed by atoms with E-state index in [-0.39, 0.29) is 49.3 Å². The summed E-state index contributed by atoms with van der Waals surface area (Å²) in [6.07, 6.45) is 4.04. The molecule has 0 radical (unpaired) electrons. The fourth-order valence-corrected chi connectivity index (χ4v) is 10.5. The van der Waals surface area contributed by atoms with Crippen LogP contribution < -0.4 is 14.2 Å². The molecule has 4 aromatic rings. The van der Waals surface area contributed by atoms with E-state index in [2.05, 4.69) is 48.3 Å². The number of aromatic nitrogens is 2. The molecule has 3 heterocycles. The van der Waals surface area contributed by atoms with Gasteiger partial charge < -0.3 is 14.4 Å². The van der Waals surface area contributed by atoms with Crippen LogP contribution in [0.5, 0.6) is 11.6 Å². The van der Waals surface area contributed by atoms with Crippen LogP contribution >= 0.6 is 22.9 Å². The van der Waals surface area contributed by atoms with E-state index in [4.69, 9.17) is 26.1 Å². The van der Waals surface area contributed by atoms with Crippen molar-refractivity contribution in [2.45, 2.75) is 90.5 Å². The number of methoxy groups -OCH3 is 1. The number of Topliss-reactive ketones (excluding diaryl/α,β-unsaturated/α-hetero) is 1. The van der Waals surface area contributed by atoms with Crippen LogP contribution in [0.15, 0.2) is 60.6 Å². The molecule has 0 bridgehead atoms. The molecule has 14 heteroatoms. The van der Waals surface area contributed by atoms with Crippen molar-refractivity contribution in [3.8, 4) is 22.9 Å². The summed E-state index contributed by atoms with van der Waals surface area (Å²) in [5, 5.41) is 4.05. The number of thiazole rings is 1. The van der Waals surface area contributed by atoms with Gasteiger partial charge in [-0.05, 0) is 68.2 Å². The minimum Gasteiger partial charge on any atom is -0.494 e. The maximum atomic E-state index is 15.0. The molecule has 0 unspecified atom stereocenters. The smallest absolute Gasteiger partial charge is 0.240 e. The van der Waals surface area contributed by atoms with E-state index in [0.717, 1.165) is 27.2 Å². The van der Waals surface area contributed by atoms with Crippen molar-refractivity contribution >= 4 is 61.3 Å². The Bertz CT molecular complexity index is 2370. The summed E-state index contributed by atoms with van der Waals surface area (Å²) in [5.74, 6) is -1.39. The van der Waals surface area contributed by atoms with Crippen LogP contribution in [0.1, 0.15) is 69.0 Å². The minimum atomic E-state index is -3.85. The molecule has 2 saturated carbocycles. The molecule has 3 aliphatic rings. The van der Waals surface area contributed by atoms with Crippen molar-refractivity contribution in [1.82, 2.24) is 19.6 Å². The Morgan fingerprint density at radius 1 is 1.14 bits per heavy atom. The Balaban J connectivity index is 1.19. The van der Waals surface area contributed by atoms with Crippen LogP contribution in [0.2, 0.25) is 5.02 Å². The molecule has 2 aromatic carbocycles. The van der Waals surface area contributed by atoms with Crippen molar-refractivity contribution in [3.05, 3.63) is 81.8 Å². The number of benzene rings is 2. The van der Waals surface area contributed by atoms with E-state index in [9.17, 15) is 22.8 Å². The molecule has 0 spiro atoms. The van der Waals surface area contributed by atoms with Crippen LogP contribution in [0, 0.1) is 36.5 Å². The Morgan fingerprint density at radius 2 is 1.89 bits per heavy atom. The van der Waals surface area contributed by atoms with Crippen molar-refractivity contribution in [1.29, 1.82) is 0 Å². The second kappa shape index (κ2) is 15.4. The van der Waals surface area contributed by atoms with Gasteiger partial charge in [0, 0.05) is 51.9 Å². The summed E-state index contributed by atoms with van der Waals surface area (Å²) in [4.78, 5) is 54.4. The number of rotatable bonds is 14. The lowest BCUT2D eigenvalue weighted by molar-refractivity contribution is -0.144. The van der Waals surface area contributed by atoms with Crippen LogP contribution in [0.4, 0.5) is 0 Å².